The normalized spacial score (nSPS) is 18.2. The smallest absolute Gasteiger partial charge is 0.234 e. The van der Waals surface area contributed by atoms with Gasteiger partial charge in [-0.05, 0) is 56.9 Å². The van der Waals surface area contributed by atoms with Gasteiger partial charge in [-0.15, -0.1) is 0 Å². The van der Waals surface area contributed by atoms with Gasteiger partial charge in [0.05, 0.1) is 34.6 Å². The highest BCUT2D eigenvalue weighted by molar-refractivity contribution is 8.03. The third kappa shape index (κ3) is 4.23. The molecule has 2 heterocycles. The number of dihydropyridines is 1. The minimum absolute atomic E-state index is 0.0417. The van der Waals surface area contributed by atoms with Crippen molar-refractivity contribution >= 4 is 29.1 Å². The Hall–Kier alpha value is -3.24. The second kappa shape index (κ2) is 9.09. The highest BCUT2D eigenvalue weighted by Gasteiger charge is 2.38. The Balaban J connectivity index is 1.58. The molecule has 1 unspecified atom stereocenters. The molecule has 7 heteroatoms. The number of carbonyl (C=O) groups excluding carboxylic acids is 2. The summed E-state index contributed by atoms with van der Waals surface area (Å²) in [6.07, 6.45) is 3.51. The van der Waals surface area contributed by atoms with E-state index in [0.717, 1.165) is 40.9 Å². The maximum Gasteiger partial charge on any atom is 0.234 e. The van der Waals surface area contributed by atoms with E-state index in [2.05, 4.69) is 16.7 Å². The monoisotopic (exact) mass is 447 g/mol. The number of allylic oxidation sites excluding steroid dienone is 3. The highest BCUT2D eigenvalue weighted by Crippen LogP contribution is 2.44. The number of carbonyl (C=O) groups is 2. The number of nitriles is 1. The number of nitrogens with one attached hydrogen (secondary N) is 2. The SMILES string of the molecule is Cc1cc(C)c(NC(=O)CSC2=C(C#N)C(c3ccco3)C3=C(CCCC3=O)N2)c(C)c1. The molecule has 2 aromatic rings. The van der Waals surface area contributed by atoms with Crippen molar-refractivity contribution in [1.29, 1.82) is 5.26 Å². The summed E-state index contributed by atoms with van der Waals surface area (Å²) in [5.74, 6) is 0.0676. The molecule has 2 N–H and O–H groups in total. The summed E-state index contributed by atoms with van der Waals surface area (Å²) in [6.45, 7) is 5.98. The van der Waals surface area contributed by atoms with E-state index in [-0.39, 0.29) is 17.4 Å². The van der Waals surface area contributed by atoms with E-state index < -0.39 is 5.92 Å². The first-order chi connectivity index (χ1) is 15.4. The lowest BCUT2D eigenvalue weighted by atomic mass is 9.79. The van der Waals surface area contributed by atoms with Gasteiger partial charge in [-0.2, -0.15) is 5.26 Å². The molecule has 0 saturated carbocycles. The van der Waals surface area contributed by atoms with Crippen LogP contribution in [-0.2, 0) is 9.59 Å². The molecule has 0 radical (unpaired) electrons. The van der Waals surface area contributed by atoms with Gasteiger partial charge in [0.1, 0.15) is 5.76 Å². The fraction of sp³-hybridized carbons (Fsp3) is 0.320. The molecule has 1 aromatic heterocycles. The molecule has 32 heavy (non-hydrogen) atoms. The van der Waals surface area contributed by atoms with Crippen molar-refractivity contribution in [2.24, 2.45) is 0 Å². The topological polar surface area (TPSA) is 95.1 Å². The number of thioether (sulfide) groups is 1. The zero-order chi connectivity index (χ0) is 22.8. The average Bonchev–Trinajstić information content (AvgIpc) is 3.28. The van der Waals surface area contributed by atoms with Crippen LogP contribution in [0.3, 0.4) is 0 Å². The maximum absolute atomic E-state index is 12.7. The average molecular weight is 448 g/mol. The Morgan fingerprint density at radius 1 is 1.28 bits per heavy atom. The zero-order valence-corrected chi connectivity index (χ0v) is 19.2. The molecular weight excluding hydrogens is 422 g/mol. The van der Waals surface area contributed by atoms with Crippen LogP contribution in [0.4, 0.5) is 5.69 Å². The van der Waals surface area contributed by atoms with Gasteiger partial charge in [-0.1, -0.05) is 29.5 Å². The van der Waals surface area contributed by atoms with Gasteiger partial charge in [-0.25, -0.2) is 0 Å². The zero-order valence-electron chi connectivity index (χ0n) is 18.4. The number of nitrogens with zero attached hydrogens (tertiary/aromatic N) is 1. The summed E-state index contributed by atoms with van der Waals surface area (Å²) < 4.78 is 5.60. The Bertz CT molecular complexity index is 1160. The third-order valence-electron chi connectivity index (χ3n) is 5.78. The van der Waals surface area contributed by atoms with Gasteiger partial charge in [-0.3, -0.25) is 9.59 Å². The number of amides is 1. The van der Waals surface area contributed by atoms with E-state index >= 15 is 0 Å². The molecule has 4 rings (SSSR count). The standard InChI is InChI=1S/C25H25N3O3S/c1-14-10-15(2)24(16(3)11-14)28-21(30)13-32-25-17(12-26)22(20-8-5-9-31-20)23-18(27-25)6-4-7-19(23)29/h5,8-11,22,27H,4,6-7,13H2,1-3H3,(H,28,30). The lowest BCUT2D eigenvalue weighted by Crippen LogP contribution is -2.31. The molecular formula is C25H25N3O3S. The molecule has 1 atom stereocenters. The van der Waals surface area contributed by atoms with Crippen LogP contribution in [0.1, 0.15) is 47.6 Å². The number of benzene rings is 1. The van der Waals surface area contributed by atoms with Crippen molar-refractivity contribution in [2.45, 2.75) is 46.0 Å². The molecule has 1 aliphatic heterocycles. The Morgan fingerprint density at radius 3 is 2.69 bits per heavy atom. The van der Waals surface area contributed by atoms with Gasteiger partial charge >= 0.3 is 0 Å². The van der Waals surface area contributed by atoms with Crippen molar-refractivity contribution in [3.8, 4) is 6.07 Å². The summed E-state index contributed by atoms with van der Waals surface area (Å²) in [5.41, 5.74) is 5.86. The minimum atomic E-state index is -0.536. The van der Waals surface area contributed by atoms with Crippen molar-refractivity contribution in [3.63, 3.8) is 0 Å². The summed E-state index contributed by atoms with van der Waals surface area (Å²) in [5, 5.41) is 16.9. The lowest BCUT2D eigenvalue weighted by molar-refractivity contribution is -0.116. The summed E-state index contributed by atoms with van der Waals surface area (Å²) in [7, 11) is 0. The molecule has 1 aromatic carbocycles. The first kappa shape index (κ1) is 22.0. The fourth-order valence-electron chi connectivity index (χ4n) is 4.47. The van der Waals surface area contributed by atoms with Gasteiger partial charge < -0.3 is 15.1 Å². The molecule has 1 aliphatic carbocycles. The quantitative estimate of drug-likeness (QED) is 0.669. The van der Waals surface area contributed by atoms with Gasteiger partial charge in [0.2, 0.25) is 5.91 Å². The van der Waals surface area contributed by atoms with E-state index in [1.54, 1.807) is 18.4 Å². The summed E-state index contributed by atoms with van der Waals surface area (Å²) >= 11 is 1.28. The number of hydrogen-bond acceptors (Lipinski definition) is 6. The van der Waals surface area contributed by atoms with Crippen LogP contribution >= 0.6 is 11.8 Å². The number of aryl methyl sites for hydroxylation is 3. The maximum atomic E-state index is 12.7. The van der Waals surface area contributed by atoms with E-state index in [4.69, 9.17) is 4.42 Å². The first-order valence-corrected chi connectivity index (χ1v) is 11.6. The second-order valence-electron chi connectivity index (χ2n) is 8.21. The van der Waals surface area contributed by atoms with Crippen LogP contribution < -0.4 is 10.6 Å². The molecule has 1 amide bonds. The predicted octanol–water partition coefficient (Wildman–Crippen LogP) is 5.01. The second-order valence-corrected chi connectivity index (χ2v) is 9.19. The van der Waals surface area contributed by atoms with E-state index in [1.165, 1.54) is 11.8 Å². The van der Waals surface area contributed by atoms with Gasteiger partial charge in [0.15, 0.2) is 5.78 Å². The number of rotatable bonds is 5. The predicted molar refractivity (Wildman–Crippen MR) is 125 cm³/mol. The summed E-state index contributed by atoms with van der Waals surface area (Å²) in [6, 6.07) is 9.88. The molecule has 0 saturated heterocycles. The van der Waals surface area contributed by atoms with Crippen LogP contribution in [0.5, 0.6) is 0 Å². The van der Waals surface area contributed by atoms with Crippen molar-refractivity contribution < 1.29 is 14.0 Å². The Labute approximate surface area is 191 Å². The Morgan fingerprint density at radius 2 is 2.03 bits per heavy atom. The lowest BCUT2D eigenvalue weighted by Gasteiger charge is -2.32. The van der Waals surface area contributed by atoms with E-state index in [1.807, 2.05) is 32.9 Å². The van der Waals surface area contributed by atoms with Crippen molar-refractivity contribution in [1.82, 2.24) is 5.32 Å². The third-order valence-corrected chi connectivity index (χ3v) is 6.80. The molecule has 6 nitrogen and oxygen atoms in total. The molecule has 0 spiro atoms. The van der Waals surface area contributed by atoms with Crippen LogP contribution in [0, 0.1) is 32.1 Å². The fourth-order valence-corrected chi connectivity index (χ4v) is 5.33. The van der Waals surface area contributed by atoms with Gasteiger partial charge in [0, 0.05) is 23.4 Å². The molecule has 0 fully saturated rings. The van der Waals surface area contributed by atoms with Crippen LogP contribution in [0.15, 0.2) is 56.8 Å². The number of Topliss-reactive ketones (excluding diaryl/α,β-unsaturated/α-hetero) is 1. The molecule has 0 bridgehead atoms. The Kier molecular flexibility index (Phi) is 6.24. The number of hydrogen-bond donors (Lipinski definition) is 2. The highest BCUT2D eigenvalue weighted by atomic mass is 32.2. The van der Waals surface area contributed by atoms with E-state index in [0.29, 0.717) is 28.4 Å². The van der Waals surface area contributed by atoms with Crippen LogP contribution in [0.2, 0.25) is 0 Å². The molecule has 2 aliphatic rings. The van der Waals surface area contributed by atoms with Crippen molar-refractivity contribution in [3.05, 3.63) is 74.9 Å². The minimum Gasteiger partial charge on any atom is -0.468 e. The number of ketones is 1. The molecule has 164 valence electrons. The van der Waals surface area contributed by atoms with Gasteiger partial charge in [0.25, 0.3) is 0 Å². The number of anilines is 1. The largest absolute Gasteiger partial charge is 0.468 e. The first-order valence-electron chi connectivity index (χ1n) is 10.6. The van der Waals surface area contributed by atoms with Crippen LogP contribution in [0.25, 0.3) is 0 Å². The van der Waals surface area contributed by atoms with E-state index in [9.17, 15) is 14.9 Å². The van der Waals surface area contributed by atoms with Crippen LogP contribution in [-0.4, -0.2) is 17.4 Å². The number of furan rings is 1. The summed E-state index contributed by atoms with van der Waals surface area (Å²) in [4.78, 5) is 25.5. The van der Waals surface area contributed by atoms with Crippen molar-refractivity contribution in [2.75, 3.05) is 11.1 Å².